The molecule has 1 N–H and O–H groups in total. The fourth-order valence-corrected chi connectivity index (χ4v) is 1.61. The molecule has 0 radical (unpaired) electrons. The summed E-state index contributed by atoms with van der Waals surface area (Å²) in [5, 5.41) is 12.0. The van der Waals surface area contributed by atoms with Crippen molar-refractivity contribution in [2.75, 3.05) is 13.7 Å². The molecule has 17 heavy (non-hydrogen) atoms. The van der Waals surface area contributed by atoms with E-state index in [1.54, 1.807) is 7.11 Å². The Morgan fingerprint density at radius 2 is 2.29 bits per heavy atom. The molecule has 0 aliphatic heterocycles. The van der Waals surface area contributed by atoms with E-state index in [9.17, 15) is 0 Å². The first-order valence-electron chi connectivity index (χ1n) is 5.73. The van der Waals surface area contributed by atoms with Crippen LogP contribution in [0.2, 0.25) is 0 Å². The van der Waals surface area contributed by atoms with Crippen molar-refractivity contribution in [3.8, 4) is 17.6 Å². The van der Waals surface area contributed by atoms with Crippen LogP contribution in [-0.2, 0) is 6.54 Å². The highest BCUT2D eigenvalue weighted by molar-refractivity contribution is 5.40. The van der Waals surface area contributed by atoms with Gasteiger partial charge in [-0.15, -0.1) is 0 Å². The van der Waals surface area contributed by atoms with Crippen LogP contribution in [0, 0.1) is 11.3 Å². The van der Waals surface area contributed by atoms with Gasteiger partial charge in [-0.2, -0.15) is 5.26 Å². The SMILES string of the molecule is COc1ccc(OCC#N)c(CNC2CC2)c1. The number of nitriles is 1. The highest BCUT2D eigenvalue weighted by Gasteiger charge is 2.20. The number of nitrogens with one attached hydrogen (secondary N) is 1. The lowest BCUT2D eigenvalue weighted by Gasteiger charge is -2.11. The molecule has 0 atom stereocenters. The van der Waals surface area contributed by atoms with Gasteiger partial charge in [-0.1, -0.05) is 0 Å². The third kappa shape index (κ3) is 3.36. The number of ether oxygens (including phenoxy) is 2. The molecule has 0 amide bonds. The zero-order valence-electron chi connectivity index (χ0n) is 9.90. The predicted octanol–water partition coefficient (Wildman–Crippen LogP) is 1.85. The van der Waals surface area contributed by atoms with Crippen molar-refractivity contribution in [1.29, 1.82) is 5.26 Å². The minimum Gasteiger partial charge on any atom is -0.497 e. The van der Waals surface area contributed by atoms with Crippen molar-refractivity contribution >= 4 is 0 Å². The normalized spacial score (nSPS) is 14.1. The van der Waals surface area contributed by atoms with E-state index in [1.807, 2.05) is 24.3 Å². The van der Waals surface area contributed by atoms with Crippen molar-refractivity contribution in [1.82, 2.24) is 5.32 Å². The molecule has 4 nitrogen and oxygen atoms in total. The van der Waals surface area contributed by atoms with Gasteiger partial charge < -0.3 is 14.8 Å². The molecule has 0 unspecified atom stereocenters. The van der Waals surface area contributed by atoms with Crippen LogP contribution in [0.4, 0.5) is 0 Å². The second kappa shape index (κ2) is 5.55. The summed E-state index contributed by atoms with van der Waals surface area (Å²) < 4.78 is 10.6. The van der Waals surface area contributed by atoms with Crippen molar-refractivity contribution in [2.45, 2.75) is 25.4 Å². The maximum atomic E-state index is 8.53. The minimum atomic E-state index is 0.0722. The Labute approximate surface area is 101 Å². The van der Waals surface area contributed by atoms with Crippen LogP contribution in [-0.4, -0.2) is 19.8 Å². The van der Waals surface area contributed by atoms with Gasteiger partial charge in [0.15, 0.2) is 6.61 Å². The molecule has 2 rings (SSSR count). The molecule has 1 aromatic carbocycles. The molecule has 0 aromatic heterocycles. The Morgan fingerprint density at radius 1 is 1.47 bits per heavy atom. The van der Waals surface area contributed by atoms with E-state index in [2.05, 4.69) is 5.32 Å². The Hall–Kier alpha value is -1.73. The fourth-order valence-electron chi connectivity index (χ4n) is 1.61. The van der Waals surface area contributed by atoms with Crippen molar-refractivity contribution in [3.63, 3.8) is 0 Å². The van der Waals surface area contributed by atoms with E-state index in [0.717, 1.165) is 23.6 Å². The van der Waals surface area contributed by atoms with Crippen LogP contribution in [0.3, 0.4) is 0 Å². The smallest absolute Gasteiger partial charge is 0.174 e. The van der Waals surface area contributed by atoms with E-state index >= 15 is 0 Å². The van der Waals surface area contributed by atoms with Gasteiger partial charge in [-0.25, -0.2) is 0 Å². The minimum absolute atomic E-state index is 0.0722. The first kappa shape index (κ1) is 11.7. The van der Waals surface area contributed by atoms with Crippen LogP contribution < -0.4 is 14.8 Å². The van der Waals surface area contributed by atoms with Gasteiger partial charge >= 0.3 is 0 Å². The Bertz CT molecular complexity index is 422. The van der Waals surface area contributed by atoms with Crippen molar-refractivity contribution in [2.24, 2.45) is 0 Å². The van der Waals surface area contributed by atoms with Gasteiger partial charge in [0.25, 0.3) is 0 Å². The Kier molecular flexibility index (Phi) is 3.84. The Morgan fingerprint density at radius 3 is 2.94 bits per heavy atom. The van der Waals surface area contributed by atoms with Gasteiger partial charge in [0.2, 0.25) is 0 Å². The quantitative estimate of drug-likeness (QED) is 0.813. The maximum absolute atomic E-state index is 8.53. The lowest BCUT2D eigenvalue weighted by atomic mass is 10.2. The molecule has 4 heteroatoms. The number of rotatable bonds is 6. The second-order valence-electron chi connectivity index (χ2n) is 4.08. The molecule has 1 aliphatic carbocycles. The summed E-state index contributed by atoms with van der Waals surface area (Å²) in [6.45, 7) is 0.825. The number of nitrogens with zero attached hydrogens (tertiary/aromatic N) is 1. The molecule has 1 aliphatic rings. The van der Waals surface area contributed by atoms with Gasteiger partial charge in [0.1, 0.15) is 17.6 Å². The average molecular weight is 232 g/mol. The maximum Gasteiger partial charge on any atom is 0.174 e. The van der Waals surface area contributed by atoms with Gasteiger partial charge in [0.05, 0.1) is 7.11 Å². The number of hydrogen-bond donors (Lipinski definition) is 1. The van der Waals surface area contributed by atoms with Crippen molar-refractivity contribution in [3.05, 3.63) is 23.8 Å². The van der Waals surface area contributed by atoms with E-state index in [0.29, 0.717) is 6.04 Å². The third-order valence-electron chi connectivity index (χ3n) is 2.72. The third-order valence-corrected chi connectivity index (χ3v) is 2.72. The number of benzene rings is 1. The largest absolute Gasteiger partial charge is 0.497 e. The van der Waals surface area contributed by atoms with Crippen LogP contribution in [0.5, 0.6) is 11.5 Å². The zero-order valence-corrected chi connectivity index (χ0v) is 9.90. The first-order chi connectivity index (χ1) is 8.33. The lowest BCUT2D eigenvalue weighted by molar-refractivity contribution is 0.360. The predicted molar refractivity (Wildman–Crippen MR) is 64.0 cm³/mol. The van der Waals surface area contributed by atoms with Crippen LogP contribution in [0.15, 0.2) is 18.2 Å². The summed E-state index contributed by atoms with van der Waals surface area (Å²) in [6.07, 6.45) is 2.50. The number of hydrogen-bond acceptors (Lipinski definition) is 4. The second-order valence-corrected chi connectivity index (χ2v) is 4.08. The van der Waals surface area contributed by atoms with Crippen LogP contribution in [0.25, 0.3) is 0 Å². The van der Waals surface area contributed by atoms with Crippen LogP contribution in [0.1, 0.15) is 18.4 Å². The summed E-state index contributed by atoms with van der Waals surface area (Å²) >= 11 is 0. The molecule has 1 aromatic rings. The van der Waals surface area contributed by atoms with Crippen molar-refractivity contribution < 1.29 is 9.47 Å². The molecule has 90 valence electrons. The average Bonchev–Trinajstić information content (AvgIpc) is 3.18. The van der Waals surface area contributed by atoms with Crippen LogP contribution >= 0.6 is 0 Å². The van der Waals surface area contributed by atoms with E-state index in [1.165, 1.54) is 12.8 Å². The van der Waals surface area contributed by atoms with E-state index in [4.69, 9.17) is 14.7 Å². The van der Waals surface area contributed by atoms with E-state index in [-0.39, 0.29) is 6.61 Å². The summed E-state index contributed by atoms with van der Waals surface area (Å²) in [5.41, 5.74) is 1.03. The van der Waals surface area contributed by atoms with Gasteiger partial charge in [-0.05, 0) is 31.0 Å². The molecule has 0 bridgehead atoms. The monoisotopic (exact) mass is 232 g/mol. The van der Waals surface area contributed by atoms with E-state index < -0.39 is 0 Å². The standard InChI is InChI=1S/C13H16N2O2/c1-16-12-4-5-13(17-7-6-14)10(8-12)9-15-11-2-3-11/h4-5,8,11,15H,2-3,7,9H2,1H3. The fraction of sp³-hybridized carbons (Fsp3) is 0.462. The van der Waals surface area contributed by atoms with Gasteiger partial charge in [-0.3, -0.25) is 0 Å². The summed E-state index contributed by atoms with van der Waals surface area (Å²) in [5.74, 6) is 1.56. The highest BCUT2D eigenvalue weighted by Crippen LogP contribution is 2.26. The highest BCUT2D eigenvalue weighted by atomic mass is 16.5. The van der Waals surface area contributed by atoms with Gasteiger partial charge in [0, 0.05) is 18.2 Å². The zero-order chi connectivity index (χ0) is 12.1. The molecule has 0 spiro atoms. The molecule has 0 saturated heterocycles. The topological polar surface area (TPSA) is 54.3 Å². The summed E-state index contributed by atoms with van der Waals surface area (Å²) in [6, 6.07) is 8.25. The molecule has 1 fully saturated rings. The first-order valence-corrected chi connectivity index (χ1v) is 5.73. The lowest BCUT2D eigenvalue weighted by Crippen LogP contribution is -2.16. The molecular weight excluding hydrogens is 216 g/mol. The molecule has 0 heterocycles. The summed E-state index contributed by atoms with van der Waals surface area (Å²) in [4.78, 5) is 0. The summed E-state index contributed by atoms with van der Waals surface area (Å²) in [7, 11) is 1.64. The Balaban J connectivity index is 2.07. The number of methoxy groups -OCH3 is 1. The molecular formula is C13H16N2O2. The molecule has 1 saturated carbocycles.